The molecule has 4 heteroatoms. The van der Waals surface area contributed by atoms with Crippen LogP contribution in [0, 0.1) is 6.92 Å². The molecule has 0 spiro atoms. The van der Waals surface area contributed by atoms with Crippen molar-refractivity contribution in [1.29, 1.82) is 0 Å². The fourth-order valence-corrected chi connectivity index (χ4v) is 1.90. The minimum atomic E-state index is -0.0341. The third kappa shape index (κ3) is 3.71. The van der Waals surface area contributed by atoms with Crippen LogP contribution in [0.4, 0.5) is 5.69 Å². The molecule has 20 heavy (non-hydrogen) atoms. The van der Waals surface area contributed by atoms with E-state index in [9.17, 15) is 5.11 Å². The molecule has 0 aliphatic heterocycles. The maximum absolute atomic E-state index is 9.37. The summed E-state index contributed by atoms with van der Waals surface area (Å²) in [5.74, 6) is 0.731. The van der Waals surface area contributed by atoms with Gasteiger partial charge in [0.05, 0.1) is 25.5 Å². The summed E-state index contributed by atoms with van der Waals surface area (Å²) in [5, 5.41) is 12.7. The number of nitrogens with zero attached hydrogens (tertiary/aromatic N) is 1. The molecule has 0 bridgehead atoms. The number of hydrogen-bond acceptors (Lipinski definition) is 4. The van der Waals surface area contributed by atoms with Gasteiger partial charge in [0.1, 0.15) is 5.75 Å². The number of hydrogen-bond donors (Lipinski definition) is 2. The Hall–Kier alpha value is -2.07. The van der Waals surface area contributed by atoms with Crippen molar-refractivity contribution < 1.29 is 9.84 Å². The van der Waals surface area contributed by atoms with Crippen LogP contribution in [0.2, 0.25) is 0 Å². The van der Waals surface area contributed by atoms with Gasteiger partial charge in [-0.15, -0.1) is 0 Å². The summed E-state index contributed by atoms with van der Waals surface area (Å²) >= 11 is 0. The molecular formula is C16H20N2O2. The standard InChI is InChI=1S/C16H20N2O2/c1-3-20-16-7-6-14(8-13(16)11-19)18-10-15-5-4-12(2)9-17-15/h4-9,18-19H,3,10-11H2,1-2H3. The summed E-state index contributed by atoms with van der Waals surface area (Å²) < 4.78 is 5.46. The van der Waals surface area contributed by atoms with Gasteiger partial charge < -0.3 is 15.2 Å². The normalized spacial score (nSPS) is 10.3. The maximum atomic E-state index is 9.37. The number of pyridine rings is 1. The van der Waals surface area contributed by atoms with Crippen molar-refractivity contribution >= 4 is 5.69 Å². The maximum Gasteiger partial charge on any atom is 0.124 e. The summed E-state index contributed by atoms with van der Waals surface area (Å²) in [5.41, 5.74) is 3.86. The monoisotopic (exact) mass is 272 g/mol. The van der Waals surface area contributed by atoms with Crippen molar-refractivity contribution in [2.24, 2.45) is 0 Å². The average Bonchev–Trinajstić information content (AvgIpc) is 2.48. The summed E-state index contributed by atoms with van der Waals surface area (Å²) in [6.07, 6.45) is 1.86. The van der Waals surface area contributed by atoms with Crippen LogP contribution in [0.3, 0.4) is 0 Å². The lowest BCUT2D eigenvalue weighted by molar-refractivity contribution is 0.267. The molecule has 0 atom stereocenters. The van der Waals surface area contributed by atoms with Crippen molar-refractivity contribution in [3.63, 3.8) is 0 Å². The number of nitrogens with one attached hydrogen (secondary N) is 1. The van der Waals surface area contributed by atoms with Gasteiger partial charge in [-0.25, -0.2) is 0 Å². The zero-order valence-corrected chi connectivity index (χ0v) is 11.9. The number of aliphatic hydroxyl groups is 1. The third-order valence-electron chi connectivity index (χ3n) is 2.98. The van der Waals surface area contributed by atoms with E-state index < -0.39 is 0 Å². The quantitative estimate of drug-likeness (QED) is 0.849. The molecule has 4 nitrogen and oxygen atoms in total. The molecule has 1 heterocycles. The molecule has 2 aromatic rings. The minimum absolute atomic E-state index is 0.0341. The predicted octanol–water partition coefficient (Wildman–Crippen LogP) is 2.89. The molecule has 106 valence electrons. The Morgan fingerprint density at radius 2 is 2.10 bits per heavy atom. The highest BCUT2D eigenvalue weighted by Crippen LogP contribution is 2.23. The van der Waals surface area contributed by atoms with E-state index in [1.807, 2.05) is 50.4 Å². The predicted molar refractivity (Wildman–Crippen MR) is 79.8 cm³/mol. The van der Waals surface area contributed by atoms with E-state index in [0.29, 0.717) is 13.2 Å². The zero-order valence-electron chi connectivity index (χ0n) is 11.9. The van der Waals surface area contributed by atoms with Gasteiger partial charge in [0.15, 0.2) is 0 Å². The van der Waals surface area contributed by atoms with Gasteiger partial charge in [-0.3, -0.25) is 4.98 Å². The van der Waals surface area contributed by atoms with E-state index in [4.69, 9.17) is 4.74 Å². The number of anilines is 1. The van der Waals surface area contributed by atoms with Crippen LogP contribution in [-0.2, 0) is 13.2 Å². The second-order valence-electron chi connectivity index (χ2n) is 4.59. The van der Waals surface area contributed by atoms with Crippen molar-refractivity contribution in [2.45, 2.75) is 27.0 Å². The van der Waals surface area contributed by atoms with Crippen LogP contribution in [0.25, 0.3) is 0 Å². The molecule has 0 unspecified atom stereocenters. The number of aromatic nitrogens is 1. The molecule has 0 aliphatic rings. The summed E-state index contributed by atoms with van der Waals surface area (Å²) in [4.78, 5) is 4.35. The van der Waals surface area contributed by atoms with E-state index in [2.05, 4.69) is 10.3 Å². The Kier molecular flexibility index (Phi) is 4.96. The molecule has 0 radical (unpaired) electrons. The first-order chi connectivity index (χ1) is 9.72. The van der Waals surface area contributed by atoms with Crippen LogP contribution in [0.5, 0.6) is 5.75 Å². The first-order valence-electron chi connectivity index (χ1n) is 6.75. The highest BCUT2D eigenvalue weighted by atomic mass is 16.5. The van der Waals surface area contributed by atoms with Crippen molar-refractivity contribution in [3.8, 4) is 5.75 Å². The van der Waals surface area contributed by atoms with E-state index >= 15 is 0 Å². The van der Waals surface area contributed by atoms with E-state index in [0.717, 1.165) is 28.3 Å². The molecule has 1 aromatic heterocycles. The lowest BCUT2D eigenvalue weighted by Crippen LogP contribution is -2.03. The fourth-order valence-electron chi connectivity index (χ4n) is 1.90. The van der Waals surface area contributed by atoms with Crippen LogP contribution in [0.15, 0.2) is 36.5 Å². The second kappa shape index (κ2) is 6.91. The summed E-state index contributed by atoms with van der Waals surface area (Å²) in [7, 11) is 0. The zero-order chi connectivity index (χ0) is 14.4. The van der Waals surface area contributed by atoms with Crippen LogP contribution >= 0.6 is 0 Å². The minimum Gasteiger partial charge on any atom is -0.494 e. The SMILES string of the molecule is CCOc1ccc(NCc2ccc(C)cn2)cc1CO. The highest BCUT2D eigenvalue weighted by molar-refractivity contribution is 5.51. The second-order valence-corrected chi connectivity index (χ2v) is 4.59. The summed E-state index contributed by atoms with van der Waals surface area (Å²) in [6.45, 7) is 5.15. The molecule has 0 saturated carbocycles. The largest absolute Gasteiger partial charge is 0.494 e. The molecule has 2 rings (SSSR count). The van der Waals surface area contributed by atoms with Crippen LogP contribution in [0.1, 0.15) is 23.7 Å². The molecule has 0 aliphatic carbocycles. The lowest BCUT2D eigenvalue weighted by atomic mass is 10.2. The van der Waals surface area contributed by atoms with E-state index in [1.165, 1.54) is 0 Å². The highest BCUT2D eigenvalue weighted by Gasteiger charge is 2.04. The van der Waals surface area contributed by atoms with Crippen LogP contribution in [-0.4, -0.2) is 16.7 Å². The lowest BCUT2D eigenvalue weighted by Gasteiger charge is -2.12. The van der Waals surface area contributed by atoms with Crippen LogP contribution < -0.4 is 10.1 Å². The topological polar surface area (TPSA) is 54.4 Å². The molecule has 0 saturated heterocycles. The van der Waals surface area contributed by atoms with Gasteiger partial charge in [-0.1, -0.05) is 6.07 Å². The Bertz CT molecular complexity index is 553. The van der Waals surface area contributed by atoms with Crippen molar-refractivity contribution in [3.05, 3.63) is 53.3 Å². The number of rotatable bonds is 6. The molecule has 0 amide bonds. The van der Waals surface area contributed by atoms with Gasteiger partial charge in [-0.2, -0.15) is 0 Å². The van der Waals surface area contributed by atoms with Crippen molar-refractivity contribution in [1.82, 2.24) is 4.98 Å². The Morgan fingerprint density at radius 1 is 1.25 bits per heavy atom. The number of benzene rings is 1. The first-order valence-corrected chi connectivity index (χ1v) is 6.75. The van der Waals surface area contributed by atoms with Gasteiger partial charge in [-0.05, 0) is 43.7 Å². The Morgan fingerprint density at radius 3 is 2.75 bits per heavy atom. The molecule has 1 aromatic carbocycles. The van der Waals surface area contributed by atoms with E-state index in [-0.39, 0.29) is 6.61 Å². The Labute approximate surface area is 119 Å². The van der Waals surface area contributed by atoms with E-state index in [1.54, 1.807) is 0 Å². The average molecular weight is 272 g/mol. The number of aryl methyl sites for hydroxylation is 1. The fraction of sp³-hybridized carbons (Fsp3) is 0.312. The number of ether oxygens (including phenoxy) is 1. The number of aliphatic hydroxyl groups excluding tert-OH is 1. The van der Waals surface area contributed by atoms with Gasteiger partial charge >= 0.3 is 0 Å². The van der Waals surface area contributed by atoms with Gasteiger partial charge in [0.25, 0.3) is 0 Å². The molecule has 2 N–H and O–H groups in total. The first kappa shape index (κ1) is 14.3. The Balaban J connectivity index is 2.04. The molecular weight excluding hydrogens is 252 g/mol. The van der Waals surface area contributed by atoms with Crippen molar-refractivity contribution in [2.75, 3.05) is 11.9 Å². The van der Waals surface area contributed by atoms with Gasteiger partial charge in [0.2, 0.25) is 0 Å². The third-order valence-corrected chi connectivity index (χ3v) is 2.98. The summed E-state index contributed by atoms with van der Waals surface area (Å²) in [6, 6.07) is 9.77. The van der Waals surface area contributed by atoms with Gasteiger partial charge in [0, 0.05) is 17.4 Å². The smallest absolute Gasteiger partial charge is 0.124 e. The molecule has 0 fully saturated rings.